The fourth-order valence-corrected chi connectivity index (χ4v) is 3.70. The molecule has 0 spiro atoms. The minimum Gasteiger partial charge on any atom is -0.491 e. The molecule has 24 heavy (non-hydrogen) atoms. The molecule has 0 aliphatic carbocycles. The quantitative estimate of drug-likeness (QED) is 0.801. The molecule has 2 fully saturated rings. The van der Waals surface area contributed by atoms with Crippen LogP contribution in [0.5, 0.6) is 5.75 Å². The van der Waals surface area contributed by atoms with E-state index in [1.54, 1.807) is 0 Å². The van der Waals surface area contributed by atoms with Crippen molar-refractivity contribution in [1.82, 2.24) is 4.90 Å². The van der Waals surface area contributed by atoms with Gasteiger partial charge in [0.15, 0.2) is 0 Å². The monoisotopic (exact) mass is 328 g/mol. The Morgan fingerprint density at radius 3 is 2.50 bits per heavy atom. The molecule has 4 nitrogen and oxygen atoms in total. The standard InChI is InChI=1S/C20H28N2O2/c1-17(8-13-22-11-2-3-12-22)24-19-6-4-18(5-7-19)20(16-21)9-14-23-15-10-20/h4-7,17H,2-3,8-15H2,1H3. The molecule has 4 heteroatoms. The van der Waals surface area contributed by atoms with Gasteiger partial charge in [0.2, 0.25) is 0 Å². The minimum absolute atomic E-state index is 0.212. The zero-order valence-electron chi connectivity index (χ0n) is 14.7. The smallest absolute Gasteiger partial charge is 0.119 e. The van der Waals surface area contributed by atoms with Crippen molar-refractivity contribution in [3.8, 4) is 11.8 Å². The van der Waals surface area contributed by atoms with Crippen molar-refractivity contribution >= 4 is 0 Å². The Bertz CT molecular complexity index is 552. The molecule has 0 bridgehead atoms. The Balaban J connectivity index is 1.54. The number of rotatable bonds is 6. The first-order valence-electron chi connectivity index (χ1n) is 9.20. The van der Waals surface area contributed by atoms with Gasteiger partial charge in [-0.3, -0.25) is 0 Å². The molecule has 3 rings (SSSR count). The number of nitrogens with zero attached hydrogens (tertiary/aromatic N) is 2. The maximum Gasteiger partial charge on any atom is 0.119 e. The summed E-state index contributed by atoms with van der Waals surface area (Å²) in [6, 6.07) is 10.6. The summed E-state index contributed by atoms with van der Waals surface area (Å²) in [5.41, 5.74) is 0.698. The van der Waals surface area contributed by atoms with Crippen molar-refractivity contribution in [2.24, 2.45) is 0 Å². The van der Waals surface area contributed by atoms with Crippen LogP contribution < -0.4 is 4.74 Å². The molecule has 130 valence electrons. The van der Waals surface area contributed by atoms with Gasteiger partial charge in [-0.05, 0) is 69.8 Å². The van der Waals surface area contributed by atoms with Crippen LogP contribution in [0.3, 0.4) is 0 Å². The third kappa shape index (κ3) is 4.09. The molecular formula is C20H28N2O2. The molecule has 1 aromatic rings. The molecule has 2 saturated heterocycles. The number of benzene rings is 1. The van der Waals surface area contributed by atoms with E-state index in [0.29, 0.717) is 13.2 Å². The lowest BCUT2D eigenvalue weighted by atomic mass is 9.75. The van der Waals surface area contributed by atoms with Crippen molar-refractivity contribution in [2.75, 3.05) is 32.8 Å². The van der Waals surface area contributed by atoms with Gasteiger partial charge in [0, 0.05) is 19.8 Å². The summed E-state index contributed by atoms with van der Waals surface area (Å²) in [5.74, 6) is 0.896. The fraction of sp³-hybridized carbons (Fsp3) is 0.650. The molecule has 2 heterocycles. The van der Waals surface area contributed by atoms with Gasteiger partial charge >= 0.3 is 0 Å². The summed E-state index contributed by atoms with van der Waals surface area (Å²) in [6.45, 7) is 7.07. The van der Waals surface area contributed by atoms with Gasteiger partial charge in [-0.1, -0.05) is 12.1 Å². The lowest BCUT2D eigenvalue weighted by Crippen LogP contribution is -2.32. The third-order valence-corrected chi connectivity index (χ3v) is 5.36. The van der Waals surface area contributed by atoms with E-state index in [0.717, 1.165) is 37.1 Å². The van der Waals surface area contributed by atoms with Gasteiger partial charge in [0.05, 0.1) is 17.6 Å². The Kier molecular flexibility index (Phi) is 5.76. The number of likely N-dealkylation sites (tertiary alicyclic amines) is 1. The van der Waals surface area contributed by atoms with E-state index >= 15 is 0 Å². The van der Waals surface area contributed by atoms with Crippen LogP contribution in [0.1, 0.15) is 44.6 Å². The molecule has 0 N–H and O–H groups in total. The number of nitriles is 1. The molecule has 2 aliphatic heterocycles. The van der Waals surface area contributed by atoms with Gasteiger partial charge in [0.1, 0.15) is 5.75 Å². The van der Waals surface area contributed by atoms with Gasteiger partial charge in [0.25, 0.3) is 0 Å². The van der Waals surface area contributed by atoms with E-state index in [1.165, 1.54) is 25.9 Å². The highest BCUT2D eigenvalue weighted by Gasteiger charge is 2.34. The SMILES string of the molecule is CC(CCN1CCCC1)Oc1ccc(C2(C#N)CCOCC2)cc1. The van der Waals surface area contributed by atoms with Crippen molar-refractivity contribution in [2.45, 2.75) is 50.5 Å². The molecule has 1 atom stereocenters. The van der Waals surface area contributed by atoms with Gasteiger partial charge in [-0.25, -0.2) is 0 Å². The fourth-order valence-electron chi connectivity index (χ4n) is 3.70. The van der Waals surface area contributed by atoms with E-state index in [9.17, 15) is 5.26 Å². The molecule has 0 radical (unpaired) electrons. The van der Waals surface area contributed by atoms with Gasteiger partial charge in [-0.2, -0.15) is 5.26 Å². The summed E-state index contributed by atoms with van der Waals surface area (Å²) in [4.78, 5) is 2.52. The second kappa shape index (κ2) is 8.00. The van der Waals surface area contributed by atoms with Crippen LogP contribution in [0.15, 0.2) is 24.3 Å². The first kappa shape index (κ1) is 17.3. The summed E-state index contributed by atoms with van der Waals surface area (Å²) in [7, 11) is 0. The molecule has 0 saturated carbocycles. The summed E-state index contributed by atoms with van der Waals surface area (Å²) < 4.78 is 11.5. The molecule has 1 unspecified atom stereocenters. The van der Waals surface area contributed by atoms with Crippen LogP contribution >= 0.6 is 0 Å². The average Bonchev–Trinajstić information content (AvgIpc) is 3.15. The number of hydrogen-bond donors (Lipinski definition) is 0. The normalized spacial score (nSPS) is 22.0. The van der Waals surface area contributed by atoms with E-state index in [-0.39, 0.29) is 6.10 Å². The molecular weight excluding hydrogens is 300 g/mol. The lowest BCUT2D eigenvalue weighted by Gasteiger charge is -2.31. The average molecular weight is 328 g/mol. The van der Waals surface area contributed by atoms with Crippen LogP contribution in [0, 0.1) is 11.3 Å². The van der Waals surface area contributed by atoms with Crippen LogP contribution in [0.2, 0.25) is 0 Å². The first-order chi connectivity index (χ1) is 11.7. The first-order valence-corrected chi connectivity index (χ1v) is 9.20. The van der Waals surface area contributed by atoms with E-state index in [4.69, 9.17) is 9.47 Å². The summed E-state index contributed by atoms with van der Waals surface area (Å²) >= 11 is 0. The Labute approximate surface area is 145 Å². The van der Waals surface area contributed by atoms with Crippen LogP contribution in [0.25, 0.3) is 0 Å². The van der Waals surface area contributed by atoms with Crippen molar-refractivity contribution in [1.29, 1.82) is 5.26 Å². The maximum absolute atomic E-state index is 9.64. The van der Waals surface area contributed by atoms with Crippen LogP contribution in [-0.4, -0.2) is 43.9 Å². The summed E-state index contributed by atoms with van der Waals surface area (Å²) in [6.07, 6.45) is 5.49. The second-order valence-corrected chi connectivity index (χ2v) is 7.10. The second-order valence-electron chi connectivity index (χ2n) is 7.10. The maximum atomic E-state index is 9.64. The highest BCUT2D eigenvalue weighted by Crippen LogP contribution is 2.35. The molecule has 1 aromatic carbocycles. The topological polar surface area (TPSA) is 45.5 Å². The number of hydrogen-bond acceptors (Lipinski definition) is 4. The molecule has 0 amide bonds. The van der Waals surface area contributed by atoms with E-state index < -0.39 is 5.41 Å². The Morgan fingerprint density at radius 1 is 1.21 bits per heavy atom. The molecule has 2 aliphatic rings. The highest BCUT2D eigenvalue weighted by atomic mass is 16.5. The highest BCUT2D eigenvalue weighted by molar-refractivity contribution is 5.37. The van der Waals surface area contributed by atoms with Gasteiger partial charge < -0.3 is 14.4 Å². The van der Waals surface area contributed by atoms with Crippen molar-refractivity contribution < 1.29 is 9.47 Å². The van der Waals surface area contributed by atoms with Crippen LogP contribution in [0.4, 0.5) is 0 Å². The molecule has 0 aromatic heterocycles. The van der Waals surface area contributed by atoms with Crippen LogP contribution in [-0.2, 0) is 10.2 Å². The van der Waals surface area contributed by atoms with E-state index in [2.05, 4.69) is 30.0 Å². The van der Waals surface area contributed by atoms with Crippen molar-refractivity contribution in [3.05, 3.63) is 29.8 Å². The predicted octanol–water partition coefficient (Wildman–Crippen LogP) is 3.51. The zero-order chi connectivity index (χ0) is 16.8. The van der Waals surface area contributed by atoms with Crippen molar-refractivity contribution in [3.63, 3.8) is 0 Å². The Morgan fingerprint density at radius 2 is 1.88 bits per heavy atom. The predicted molar refractivity (Wildman–Crippen MR) is 94.2 cm³/mol. The summed E-state index contributed by atoms with van der Waals surface area (Å²) in [5, 5.41) is 9.64. The number of ether oxygens (including phenoxy) is 2. The third-order valence-electron chi connectivity index (χ3n) is 5.36. The van der Waals surface area contributed by atoms with Gasteiger partial charge in [-0.15, -0.1) is 0 Å². The lowest BCUT2D eigenvalue weighted by molar-refractivity contribution is 0.0675. The van der Waals surface area contributed by atoms with E-state index in [1.807, 2.05) is 12.1 Å². The minimum atomic E-state index is -0.391. The Hall–Kier alpha value is -1.57. The largest absolute Gasteiger partial charge is 0.491 e. The zero-order valence-corrected chi connectivity index (χ0v) is 14.7.